The maximum absolute atomic E-state index is 12.8. The highest BCUT2D eigenvalue weighted by atomic mass is 16.6. The molecule has 3 rings (SSSR count). The minimum absolute atomic E-state index is 0.00598. The predicted molar refractivity (Wildman–Crippen MR) is 270 cm³/mol. The van der Waals surface area contributed by atoms with Crippen molar-refractivity contribution in [2.24, 2.45) is 0 Å². The molecule has 0 spiro atoms. The Hall–Kier alpha value is -7.21. The Labute approximate surface area is 448 Å². The number of phenols is 2. The summed E-state index contributed by atoms with van der Waals surface area (Å²) in [6.07, 6.45) is -4.70. The summed E-state index contributed by atoms with van der Waals surface area (Å²) in [6, 6.07) is 5.38. The van der Waals surface area contributed by atoms with Gasteiger partial charge in [0.15, 0.2) is 12.5 Å². The van der Waals surface area contributed by atoms with Crippen LogP contribution < -0.4 is 26.6 Å². The van der Waals surface area contributed by atoms with Crippen molar-refractivity contribution >= 4 is 54.1 Å². The number of hydrogen-bond acceptors (Lipinski definition) is 19. The number of amides is 5. The van der Waals surface area contributed by atoms with Gasteiger partial charge in [0.2, 0.25) is 17.7 Å². The Kier molecular flexibility index (Phi) is 28.8. The van der Waals surface area contributed by atoms with Crippen molar-refractivity contribution in [1.29, 1.82) is 0 Å². The maximum atomic E-state index is 12.8. The number of benzene rings is 2. The van der Waals surface area contributed by atoms with E-state index in [2.05, 4.69) is 26.6 Å². The number of carboxylic acid groups (broad SMARTS) is 4. The van der Waals surface area contributed by atoms with Crippen molar-refractivity contribution in [1.82, 2.24) is 36.4 Å². The van der Waals surface area contributed by atoms with E-state index in [9.17, 15) is 89.1 Å². The van der Waals surface area contributed by atoms with Crippen molar-refractivity contribution in [2.45, 2.75) is 139 Å². The van der Waals surface area contributed by atoms with Crippen LogP contribution in [0.25, 0.3) is 0 Å². The fourth-order valence-corrected chi connectivity index (χ4v) is 8.23. The summed E-state index contributed by atoms with van der Waals surface area (Å²) in [5.41, 5.74) is 1.91. The molecule has 2 unspecified atom stereocenters. The molecule has 0 saturated carbocycles. The lowest BCUT2D eigenvalue weighted by atomic mass is 9.96. The van der Waals surface area contributed by atoms with E-state index in [-0.39, 0.29) is 101 Å². The molecule has 0 radical (unpaired) electrons. The lowest BCUT2D eigenvalue weighted by molar-refractivity contribution is -0.253. The number of phenolic OH excluding ortho intramolecular Hbond substituents is 2. The van der Waals surface area contributed by atoms with Crippen LogP contribution in [0.3, 0.4) is 0 Å². The van der Waals surface area contributed by atoms with Gasteiger partial charge in [-0.25, -0.2) is 9.59 Å². The molecular weight excluding hydrogens is 1030 g/mol. The third kappa shape index (κ3) is 24.8. The van der Waals surface area contributed by atoms with E-state index >= 15 is 0 Å². The highest BCUT2D eigenvalue weighted by Gasteiger charge is 2.44. The fraction of sp³-hybridized carbons (Fsp3) is 0.580. The second kappa shape index (κ2) is 34.5. The lowest BCUT2D eigenvalue weighted by Crippen LogP contribution is -2.64. The molecular formula is C50H73N7O21. The first-order chi connectivity index (χ1) is 37.1. The van der Waals surface area contributed by atoms with E-state index in [1.54, 1.807) is 24.3 Å². The second-order valence-corrected chi connectivity index (χ2v) is 18.6. The third-order valence-electron chi connectivity index (χ3n) is 12.4. The van der Waals surface area contributed by atoms with E-state index in [4.69, 9.17) is 14.6 Å². The standard InChI is InChI=1S/C50H73N7O21/c58-28-37-46(71)47(72)45(49(75)78-37)54-40(64)16-11-31-9-14-36(61)33(23-31)25-57(27-44(69)70)21-20-56(26-43(67)68)24-32-22-30(8-13-35(32)60)10-15-39(63)52-18-4-1-2-6-38(62)51-19-5-3-7-41(77-29-59)55-50(76)53-34(48(73)74)12-17-42(65)66/h8-9,13-14,22-23,29,34,37,41,45-47,49,58,60-61,71-72,75H,1-7,10-12,15-21,24-28H2,(H,51,62)(H,52,63)(H,54,64)(H,65,66)(H,67,68)(H,69,70)(H,73,74)(H2,53,55,76)/t34-,37?,41+,45?,46+,47-,49+/m0/s1. The third-order valence-corrected chi connectivity index (χ3v) is 12.4. The van der Waals surface area contributed by atoms with E-state index in [1.807, 2.05) is 0 Å². The lowest BCUT2D eigenvalue weighted by Gasteiger charge is -2.40. The summed E-state index contributed by atoms with van der Waals surface area (Å²) in [5, 5.41) is 111. The van der Waals surface area contributed by atoms with Gasteiger partial charge in [-0.1, -0.05) is 30.7 Å². The Morgan fingerprint density at radius 1 is 0.641 bits per heavy atom. The van der Waals surface area contributed by atoms with Crippen LogP contribution in [0, 0.1) is 0 Å². The largest absolute Gasteiger partial charge is 0.508 e. The number of ether oxygens (including phenoxy) is 2. The zero-order valence-corrected chi connectivity index (χ0v) is 43.0. The van der Waals surface area contributed by atoms with Crippen LogP contribution in [-0.2, 0) is 73.8 Å². The quantitative estimate of drug-likeness (QED) is 0.0205. The fourth-order valence-electron chi connectivity index (χ4n) is 8.23. The number of rotatable bonds is 38. The zero-order chi connectivity index (χ0) is 57.7. The Balaban J connectivity index is 1.40. The number of carboxylic acids is 4. The predicted octanol–water partition coefficient (Wildman–Crippen LogP) is -1.57. The molecule has 0 aromatic heterocycles. The molecule has 15 N–H and O–H groups in total. The number of nitrogens with one attached hydrogen (secondary N) is 5. The van der Waals surface area contributed by atoms with Gasteiger partial charge in [-0.2, -0.15) is 0 Å². The van der Waals surface area contributed by atoms with E-state index in [0.717, 1.165) is 0 Å². The van der Waals surface area contributed by atoms with E-state index < -0.39 is 105 Å². The maximum Gasteiger partial charge on any atom is 0.326 e. The van der Waals surface area contributed by atoms with Crippen molar-refractivity contribution in [3.63, 3.8) is 0 Å². The van der Waals surface area contributed by atoms with Gasteiger partial charge in [-0.05, 0) is 68.2 Å². The van der Waals surface area contributed by atoms with E-state index in [1.165, 1.54) is 21.9 Å². The number of carbonyl (C=O) groups is 9. The molecule has 5 amide bonds. The van der Waals surface area contributed by atoms with Crippen LogP contribution in [0.1, 0.15) is 92.9 Å². The molecule has 28 nitrogen and oxygen atoms in total. The zero-order valence-electron chi connectivity index (χ0n) is 43.0. The van der Waals surface area contributed by atoms with Gasteiger partial charge in [0.05, 0.1) is 19.7 Å². The van der Waals surface area contributed by atoms with Crippen molar-refractivity contribution in [3.8, 4) is 11.5 Å². The summed E-state index contributed by atoms with van der Waals surface area (Å²) in [4.78, 5) is 110. The van der Waals surface area contributed by atoms with Gasteiger partial charge in [0.1, 0.15) is 41.9 Å². The minimum Gasteiger partial charge on any atom is -0.508 e. The van der Waals surface area contributed by atoms with Crippen LogP contribution in [0.2, 0.25) is 0 Å². The van der Waals surface area contributed by atoms with Crippen molar-refractivity contribution in [2.75, 3.05) is 45.9 Å². The van der Waals surface area contributed by atoms with Crippen LogP contribution >= 0.6 is 0 Å². The van der Waals surface area contributed by atoms with Gasteiger partial charge in [0.25, 0.3) is 6.47 Å². The molecule has 1 saturated heterocycles. The molecule has 0 aliphatic carbocycles. The number of hydrogen-bond donors (Lipinski definition) is 15. The smallest absolute Gasteiger partial charge is 0.326 e. The molecule has 1 fully saturated rings. The molecule has 1 aliphatic heterocycles. The van der Waals surface area contributed by atoms with Crippen LogP contribution in [-0.4, -0.2) is 204 Å². The highest BCUT2D eigenvalue weighted by molar-refractivity contribution is 5.83. The van der Waals surface area contributed by atoms with E-state index in [0.29, 0.717) is 67.4 Å². The van der Waals surface area contributed by atoms with Crippen LogP contribution in [0.15, 0.2) is 36.4 Å². The van der Waals surface area contributed by atoms with Gasteiger partial charge in [-0.15, -0.1) is 0 Å². The highest BCUT2D eigenvalue weighted by Crippen LogP contribution is 2.24. The van der Waals surface area contributed by atoms with Crippen molar-refractivity contribution in [3.05, 3.63) is 58.7 Å². The number of urea groups is 1. The number of aliphatic carboxylic acids is 4. The molecule has 2 aromatic carbocycles. The summed E-state index contributed by atoms with van der Waals surface area (Å²) < 4.78 is 9.91. The topological polar surface area (TPSA) is 441 Å². The number of carbonyl (C=O) groups excluding carboxylic acids is 5. The Morgan fingerprint density at radius 3 is 1.69 bits per heavy atom. The van der Waals surface area contributed by atoms with Gasteiger partial charge in [-0.3, -0.25) is 43.4 Å². The van der Waals surface area contributed by atoms with Crippen molar-refractivity contribution < 1.29 is 104 Å². The minimum atomic E-state index is -1.70. The summed E-state index contributed by atoms with van der Waals surface area (Å²) in [7, 11) is 0. The Morgan fingerprint density at radius 2 is 1.18 bits per heavy atom. The number of nitrogens with zero attached hydrogens (tertiary/aromatic N) is 2. The number of unbranched alkanes of at least 4 members (excludes halogenated alkanes) is 3. The van der Waals surface area contributed by atoms with Crippen LogP contribution in [0.5, 0.6) is 11.5 Å². The normalized spacial score (nSPS) is 17.8. The average Bonchev–Trinajstić information content (AvgIpc) is 3.39. The molecule has 28 heteroatoms. The molecule has 434 valence electrons. The molecule has 7 atom stereocenters. The summed E-state index contributed by atoms with van der Waals surface area (Å²) >= 11 is 0. The Bertz CT molecular complexity index is 2310. The summed E-state index contributed by atoms with van der Waals surface area (Å²) in [5.74, 6) is -6.41. The number of aliphatic hydroxyl groups is 4. The number of aliphatic hydroxyl groups excluding tert-OH is 4. The first-order valence-electron chi connectivity index (χ1n) is 25.3. The molecule has 1 aliphatic rings. The average molecular weight is 1110 g/mol. The first kappa shape index (κ1) is 65.1. The molecule has 2 aromatic rings. The molecule has 0 bridgehead atoms. The van der Waals surface area contributed by atoms with Gasteiger partial charge >= 0.3 is 29.9 Å². The number of aryl methyl sites for hydroxylation is 2. The van der Waals surface area contributed by atoms with Crippen LogP contribution in [0.4, 0.5) is 4.79 Å². The first-order valence-corrected chi connectivity index (χ1v) is 25.3. The monoisotopic (exact) mass is 1110 g/mol. The SMILES string of the molecule is O=CO[C@H](CCCCNC(=O)CCCCCNC(=O)CCc1ccc(O)c(CN(CCN(CC(=O)O)Cc2cc(CCC(=O)NC3[C@H](O)OC(CO)[C@@H](O)[C@H]3O)ccc2O)CC(=O)O)c1)NC(=O)N[C@@H](CCC(=O)O)C(=O)O. The number of aromatic hydroxyl groups is 2. The second-order valence-electron chi connectivity index (χ2n) is 18.6. The van der Waals surface area contributed by atoms with Gasteiger partial charge in [0, 0.05) is 82.5 Å². The molecule has 1 heterocycles. The summed E-state index contributed by atoms with van der Waals surface area (Å²) in [6.45, 7) is -1.01. The molecule has 78 heavy (non-hydrogen) atoms. The van der Waals surface area contributed by atoms with Gasteiger partial charge < -0.3 is 87.1 Å².